The lowest BCUT2D eigenvalue weighted by atomic mass is 10.1. The Hall–Kier alpha value is -3.06. The van der Waals surface area contributed by atoms with Gasteiger partial charge in [0.1, 0.15) is 17.5 Å². The van der Waals surface area contributed by atoms with Crippen molar-refractivity contribution in [2.75, 3.05) is 20.3 Å². The van der Waals surface area contributed by atoms with Gasteiger partial charge in [0, 0.05) is 12.5 Å². The Morgan fingerprint density at radius 2 is 1.80 bits per heavy atom. The van der Waals surface area contributed by atoms with Crippen molar-refractivity contribution < 1.29 is 24.2 Å². The van der Waals surface area contributed by atoms with Crippen LogP contribution in [0.15, 0.2) is 48.5 Å². The lowest BCUT2D eigenvalue weighted by molar-refractivity contribution is -0.142. The molecule has 0 aliphatic carbocycles. The van der Waals surface area contributed by atoms with Crippen LogP contribution in [0.5, 0.6) is 11.5 Å². The van der Waals surface area contributed by atoms with Gasteiger partial charge < -0.3 is 25.6 Å². The molecule has 0 aliphatic heterocycles. The highest BCUT2D eigenvalue weighted by Crippen LogP contribution is 2.24. The van der Waals surface area contributed by atoms with Crippen LogP contribution >= 0.6 is 0 Å². The number of ether oxygens (including phenoxy) is 2. The van der Waals surface area contributed by atoms with Crippen molar-refractivity contribution in [2.45, 2.75) is 38.1 Å². The molecule has 162 valence electrons. The number of hydrogen-bond donors (Lipinski definition) is 3. The Kier molecular flexibility index (Phi) is 9.67. The summed E-state index contributed by atoms with van der Waals surface area (Å²) in [4.78, 5) is 24.7. The molecule has 0 fully saturated rings. The second kappa shape index (κ2) is 12.5. The molecule has 2 aromatic rings. The number of carbonyl (C=O) groups is 2. The van der Waals surface area contributed by atoms with Crippen LogP contribution in [-0.4, -0.2) is 43.3 Å². The largest absolute Gasteiger partial charge is 0.507 e. The average molecular weight is 415 g/mol. The summed E-state index contributed by atoms with van der Waals surface area (Å²) < 4.78 is 10.4. The zero-order valence-electron chi connectivity index (χ0n) is 17.3. The van der Waals surface area contributed by atoms with Gasteiger partial charge in [-0.15, -0.1) is 0 Å². The molecule has 0 aromatic heterocycles. The number of aromatic hydroxyl groups is 1. The smallest absolute Gasteiger partial charge is 0.328 e. The molecule has 1 atom stereocenters. The quantitative estimate of drug-likeness (QED) is 0.364. The van der Waals surface area contributed by atoms with E-state index in [-0.39, 0.29) is 17.7 Å². The topological polar surface area (TPSA) is 111 Å². The number of nitrogens with two attached hydrogens (primary N) is 1. The van der Waals surface area contributed by atoms with Crippen LogP contribution in [0.25, 0.3) is 0 Å². The van der Waals surface area contributed by atoms with Gasteiger partial charge in [0.15, 0.2) is 0 Å². The molecule has 0 bridgehead atoms. The van der Waals surface area contributed by atoms with Crippen LogP contribution in [0.3, 0.4) is 0 Å². The number of amides is 1. The van der Waals surface area contributed by atoms with E-state index < -0.39 is 17.9 Å². The predicted octanol–water partition coefficient (Wildman–Crippen LogP) is 2.80. The molecule has 1 amide bonds. The van der Waals surface area contributed by atoms with Gasteiger partial charge in [0.05, 0.1) is 19.3 Å². The fourth-order valence-corrected chi connectivity index (χ4v) is 3.00. The van der Waals surface area contributed by atoms with Gasteiger partial charge in [-0.25, -0.2) is 4.79 Å². The second-order valence-electron chi connectivity index (χ2n) is 6.97. The maximum absolute atomic E-state index is 12.6. The lowest BCUT2D eigenvalue weighted by Gasteiger charge is -2.17. The number of phenolic OH excluding ortho intramolecular Hbond substituents is 1. The van der Waals surface area contributed by atoms with E-state index in [1.807, 2.05) is 30.3 Å². The van der Waals surface area contributed by atoms with E-state index in [1.54, 1.807) is 6.07 Å². The highest BCUT2D eigenvalue weighted by atomic mass is 16.5. The molecule has 30 heavy (non-hydrogen) atoms. The van der Waals surface area contributed by atoms with E-state index in [0.29, 0.717) is 18.9 Å². The van der Waals surface area contributed by atoms with Gasteiger partial charge in [-0.1, -0.05) is 43.2 Å². The summed E-state index contributed by atoms with van der Waals surface area (Å²) >= 11 is 0. The first-order valence-corrected chi connectivity index (χ1v) is 10.1. The van der Waals surface area contributed by atoms with Crippen molar-refractivity contribution in [2.24, 2.45) is 5.73 Å². The molecule has 2 aromatic carbocycles. The van der Waals surface area contributed by atoms with E-state index in [1.165, 1.54) is 19.2 Å². The van der Waals surface area contributed by atoms with Crippen LogP contribution < -0.4 is 15.8 Å². The zero-order valence-corrected chi connectivity index (χ0v) is 17.3. The van der Waals surface area contributed by atoms with E-state index >= 15 is 0 Å². The molecule has 0 radical (unpaired) electrons. The molecule has 0 saturated heterocycles. The molecule has 1 unspecified atom stereocenters. The van der Waals surface area contributed by atoms with Gasteiger partial charge in [-0.3, -0.25) is 4.79 Å². The summed E-state index contributed by atoms with van der Waals surface area (Å²) in [6.45, 7) is 1.22. The maximum atomic E-state index is 12.6. The summed E-state index contributed by atoms with van der Waals surface area (Å²) in [7, 11) is 1.27. The standard InChI is InChI=1S/C23H30N2O5/c1-29-23(28)20(15-17-9-5-4-6-10-17)25-22(27)19-12-11-18(16-21(19)26)30-14-8-3-2-7-13-24/h4-6,9-12,16,20,26H,2-3,7-8,13-15,24H2,1H3,(H,25,27). The summed E-state index contributed by atoms with van der Waals surface area (Å²) in [5, 5.41) is 12.9. The summed E-state index contributed by atoms with van der Waals surface area (Å²) in [5.74, 6) is -0.846. The molecule has 4 N–H and O–H groups in total. The van der Waals surface area contributed by atoms with Gasteiger partial charge >= 0.3 is 5.97 Å². The minimum Gasteiger partial charge on any atom is -0.507 e. The SMILES string of the molecule is COC(=O)C(Cc1ccccc1)NC(=O)c1ccc(OCCCCCCN)cc1O. The Labute approximate surface area is 177 Å². The van der Waals surface area contributed by atoms with Gasteiger partial charge in [-0.2, -0.15) is 0 Å². The zero-order chi connectivity index (χ0) is 21.8. The number of phenols is 1. The lowest BCUT2D eigenvalue weighted by Crippen LogP contribution is -2.43. The third kappa shape index (κ3) is 7.40. The van der Waals surface area contributed by atoms with Gasteiger partial charge in [0.25, 0.3) is 5.91 Å². The van der Waals surface area contributed by atoms with Crippen LogP contribution in [-0.2, 0) is 16.0 Å². The van der Waals surface area contributed by atoms with Crippen molar-refractivity contribution in [3.05, 3.63) is 59.7 Å². The normalized spacial score (nSPS) is 11.5. The summed E-state index contributed by atoms with van der Waals surface area (Å²) in [6.07, 6.45) is 4.27. The first-order chi connectivity index (χ1) is 14.5. The number of carbonyl (C=O) groups excluding carboxylic acids is 2. The number of esters is 1. The van der Waals surface area contributed by atoms with Crippen molar-refractivity contribution in [1.29, 1.82) is 0 Å². The van der Waals surface area contributed by atoms with Crippen LogP contribution in [0.4, 0.5) is 0 Å². The number of benzene rings is 2. The summed E-state index contributed by atoms with van der Waals surface area (Å²) in [6, 6.07) is 12.9. The Morgan fingerprint density at radius 1 is 1.07 bits per heavy atom. The van der Waals surface area contributed by atoms with Crippen molar-refractivity contribution in [3.8, 4) is 11.5 Å². The van der Waals surface area contributed by atoms with E-state index in [4.69, 9.17) is 15.2 Å². The van der Waals surface area contributed by atoms with Gasteiger partial charge in [0.2, 0.25) is 0 Å². The number of hydrogen-bond acceptors (Lipinski definition) is 6. The molecule has 0 spiro atoms. The molecular weight excluding hydrogens is 384 g/mol. The third-order valence-electron chi connectivity index (χ3n) is 4.65. The van der Waals surface area contributed by atoms with E-state index in [2.05, 4.69) is 5.32 Å². The van der Waals surface area contributed by atoms with Crippen LogP contribution in [0.1, 0.15) is 41.6 Å². The van der Waals surface area contributed by atoms with E-state index in [0.717, 1.165) is 31.2 Å². The summed E-state index contributed by atoms with van der Waals surface area (Å²) in [5.41, 5.74) is 6.41. The van der Waals surface area contributed by atoms with Crippen molar-refractivity contribution in [1.82, 2.24) is 5.32 Å². The molecule has 2 rings (SSSR count). The molecule has 0 heterocycles. The highest BCUT2D eigenvalue weighted by Gasteiger charge is 2.24. The number of unbranched alkanes of at least 4 members (excludes halogenated alkanes) is 3. The molecule has 0 aliphatic rings. The first-order valence-electron chi connectivity index (χ1n) is 10.1. The number of methoxy groups -OCH3 is 1. The Morgan fingerprint density at radius 3 is 2.47 bits per heavy atom. The molecule has 7 nitrogen and oxygen atoms in total. The molecule has 7 heteroatoms. The first kappa shape index (κ1) is 23.2. The Bertz CT molecular complexity index is 810. The van der Waals surface area contributed by atoms with E-state index in [9.17, 15) is 14.7 Å². The van der Waals surface area contributed by atoms with Crippen LogP contribution in [0.2, 0.25) is 0 Å². The average Bonchev–Trinajstić information content (AvgIpc) is 2.75. The van der Waals surface area contributed by atoms with Crippen molar-refractivity contribution in [3.63, 3.8) is 0 Å². The minimum atomic E-state index is -0.867. The monoisotopic (exact) mass is 414 g/mol. The van der Waals surface area contributed by atoms with Crippen molar-refractivity contribution >= 4 is 11.9 Å². The highest BCUT2D eigenvalue weighted by molar-refractivity contribution is 5.99. The second-order valence-corrected chi connectivity index (χ2v) is 6.97. The number of nitrogens with one attached hydrogen (secondary N) is 1. The fraction of sp³-hybridized carbons (Fsp3) is 0.391. The van der Waals surface area contributed by atoms with Crippen LogP contribution in [0, 0.1) is 0 Å². The molecular formula is C23H30N2O5. The number of rotatable bonds is 12. The fourth-order valence-electron chi connectivity index (χ4n) is 3.00. The minimum absolute atomic E-state index is 0.0623. The van der Waals surface area contributed by atoms with Gasteiger partial charge in [-0.05, 0) is 37.1 Å². The maximum Gasteiger partial charge on any atom is 0.328 e. The third-order valence-corrected chi connectivity index (χ3v) is 4.65. The Balaban J connectivity index is 1.96. The predicted molar refractivity (Wildman–Crippen MR) is 115 cm³/mol. The molecule has 0 saturated carbocycles.